The number of hydrogen-bond acceptors (Lipinski definition) is 6. The highest BCUT2D eigenvalue weighted by Crippen LogP contribution is 2.37. The molecule has 1 saturated carbocycles. The maximum Gasteiger partial charge on any atom is 0.293 e. The molecule has 0 aromatic heterocycles. The summed E-state index contributed by atoms with van der Waals surface area (Å²) in [6, 6.07) is 4.16. The van der Waals surface area contributed by atoms with E-state index in [0.717, 1.165) is 44.6 Å². The smallest absolute Gasteiger partial charge is 0.293 e. The number of rotatable bonds is 4. The zero-order chi connectivity index (χ0) is 16.6. The minimum absolute atomic E-state index is 0.0412. The number of nitrogens with zero attached hydrogens (tertiary/aromatic N) is 1. The Kier molecular flexibility index (Phi) is 4.29. The minimum Gasteiger partial charge on any atom is -0.378 e. The molecular weight excluding hydrogens is 320 g/mol. The highest BCUT2D eigenvalue weighted by atomic mass is 32.2. The molecule has 0 amide bonds. The van der Waals surface area contributed by atoms with Crippen molar-refractivity contribution >= 4 is 21.2 Å². The zero-order valence-electron chi connectivity index (χ0n) is 12.9. The first kappa shape index (κ1) is 16.2. The fourth-order valence-corrected chi connectivity index (χ4v) is 4.21. The van der Waals surface area contributed by atoms with Gasteiger partial charge in [-0.3, -0.25) is 10.1 Å². The molecular formula is C15H20N2O5S. The van der Waals surface area contributed by atoms with Crippen molar-refractivity contribution in [1.29, 1.82) is 0 Å². The van der Waals surface area contributed by atoms with Gasteiger partial charge < -0.3 is 10.1 Å². The molecule has 1 aliphatic heterocycles. The highest BCUT2D eigenvalue weighted by Gasteiger charge is 2.38. The van der Waals surface area contributed by atoms with Crippen molar-refractivity contribution in [2.45, 2.75) is 42.7 Å². The summed E-state index contributed by atoms with van der Waals surface area (Å²) in [5, 5.41) is 14.6. The fourth-order valence-electron chi connectivity index (χ4n) is 3.57. The van der Waals surface area contributed by atoms with Gasteiger partial charge >= 0.3 is 0 Å². The molecule has 7 nitrogen and oxygen atoms in total. The zero-order valence-corrected chi connectivity index (χ0v) is 13.7. The number of sulfone groups is 1. The minimum atomic E-state index is -3.48. The van der Waals surface area contributed by atoms with Crippen molar-refractivity contribution in [2.24, 2.45) is 5.92 Å². The molecule has 0 bridgehead atoms. The van der Waals surface area contributed by atoms with Gasteiger partial charge in [0.05, 0.1) is 15.9 Å². The Bertz CT molecular complexity index is 719. The third-order valence-corrected chi connectivity index (χ3v) is 5.83. The van der Waals surface area contributed by atoms with Crippen LogP contribution in [0.2, 0.25) is 0 Å². The Hall–Kier alpha value is -1.67. The van der Waals surface area contributed by atoms with Crippen LogP contribution < -0.4 is 5.32 Å². The Morgan fingerprint density at radius 3 is 2.78 bits per heavy atom. The van der Waals surface area contributed by atoms with Gasteiger partial charge in [0, 0.05) is 30.9 Å². The first-order valence-corrected chi connectivity index (χ1v) is 9.62. The van der Waals surface area contributed by atoms with Gasteiger partial charge in [0.1, 0.15) is 5.69 Å². The summed E-state index contributed by atoms with van der Waals surface area (Å²) >= 11 is 0. The van der Waals surface area contributed by atoms with E-state index in [1.165, 1.54) is 12.1 Å². The number of fused-ring (bicyclic) bond motifs is 1. The lowest BCUT2D eigenvalue weighted by Crippen LogP contribution is -2.38. The van der Waals surface area contributed by atoms with E-state index in [2.05, 4.69) is 5.32 Å². The van der Waals surface area contributed by atoms with Crippen molar-refractivity contribution in [1.82, 2.24) is 0 Å². The van der Waals surface area contributed by atoms with E-state index in [9.17, 15) is 18.5 Å². The van der Waals surface area contributed by atoms with E-state index in [1.54, 1.807) is 0 Å². The Morgan fingerprint density at radius 2 is 2.09 bits per heavy atom. The van der Waals surface area contributed by atoms with Crippen LogP contribution in [0.25, 0.3) is 0 Å². The van der Waals surface area contributed by atoms with Crippen LogP contribution in [0.1, 0.15) is 25.7 Å². The summed E-state index contributed by atoms with van der Waals surface area (Å²) in [6.45, 7) is 0.739. The summed E-state index contributed by atoms with van der Waals surface area (Å²) < 4.78 is 28.9. The second-order valence-corrected chi connectivity index (χ2v) is 8.27. The summed E-state index contributed by atoms with van der Waals surface area (Å²) in [7, 11) is -3.48. The van der Waals surface area contributed by atoms with Crippen molar-refractivity contribution in [3.63, 3.8) is 0 Å². The van der Waals surface area contributed by atoms with Crippen LogP contribution in [0.5, 0.6) is 0 Å². The quantitative estimate of drug-likeness (QED) is 0.667. The molecule has 23 heavy (non-hydrogen) atoms. The maximum atomic E-state index is 11.6. The topological polar surface area (TPSA) is 98.5 Å². The predicted octanol–water partition coefficient (Wildman–Crippen LogP) is 2.37. The average molecular weight is 340 g/mol. The third-order valence-electron chi connectivity index (χ3n) is 4.72. The maximum absolute atomic E-state index is 11.6. The number of ether oxygens (including phenoxy) is 1. The lowest BCUT2D eigenvalue weighted by Gasteiger charge is -2.33. The van der Waals surface area contributed by atoms with Gasteiger partial charge in [-0.05, 0) is 37.8 Å². The number of anilines is 1. The van der Waals surface area contributed by atoms with Gasteiger partial charge in [0.25, 0.3) is 5.69 Å². The van der Waals surface area contributed by atoms with Crippen LogP contribution >= 0.6 is 0 Å². The SMILES string of the molecule is CS(=O)(=O)c1ccc(NC2CCCC3OCCC23)c([N+](=O)[O-])c1. The van der Waals surface area contributed by atoms with E-state index >= 15 is 0 Å². The van der Waals surface area contributed by atoms with Crippen LogP contribution in [-0.2, 0) is 14.6 Å². The van der Waals surface area contributed by atoms with Crippen molar-refractivity contribution in [2.75, 3.05) is 18.2 Å². The second-order valence-electron chi connectivity index (χ2n) is 6.25. The fraction of sp³-hybridized carbons (Fsp3) is 0.600. The van der Waals surface area contributed by atoms with Crippen LogP contribution in [0.15, 0.2) is 23.1 Å². The van der Waals surface area contributed by atoms with E-state index in [1.807, 2.05) is 0 Å². The van der Waals surface area contributed by atoms with E-state index < -0.39 is 14.8 Å². The molecule has 2 aliphatic rings. The normalized spacial score (nSPS) is 27.4. The summed E-state index contributed by atoms with van der Waals surface area (Å²) in [4.78, 5) is 10.7. The average Bonchev–Trinajstić information content (AvgIpc) is 2.95. The predicted molar refractivity (Wildman–Crippen MR) is 85.3 cm³/mol. The van der Waals surface area contributed by atoms with Crippen LogP contribution in [0.4, 0.5) is 11.4 Å². The lowest BCUT2D eigenvalue weighted by atomic mass is 9.81. The van der Waals surface area contributed by atoms with Gasteiger partial charge in [-0.25, -0.2) is 8.42 Å². The number of benzene rings is 1. The number of nitrogens with one attached hydrogen (secondary N) is 1. The van der Waals surface area contributed by atoms with Crippen molar-refractivity contribution in [3.8, 4) is 0 Å². The third kappa shape index (κ3) is 3.32. The van der Waals surface area contributed by atoms with E-state index in [0.29, 0.717) is 11.6 Å². The molecule has 2 fully saturated rings. The van der Waals surface area contributed by atoms with Crippen LogP contribution in [-0.4, -0.2) is 38.3 Å². The van der Waals surface area contributed by atoms with Crippen molar-refractivity contribution in [3.05, 3.63) is 28.3 Å². The molecule has 1 aromatic carbocycles. The largest absolute Gasteiger partial charge is 0.378 e. The molecule has 126 valence electrons. The van der Waals surface area contributed by atoms with Gasteiger partial charge in [0.2, 0.25) is 0 Å². The highest BCUT2D eigenvalue weighted by molar-refractivity contribution is 7.90. The van der Waals surface area contributed by atoms with E-state index in [-0.39, 0.29) is 22.7 Å². The molecule has 3 unspecified atom stereocenters. The van der Waals surface area contributed by atoms with Gasteiger partial charge in [-0.2, -0.15) is 0 Å². The Morgan fingerprint density at radius 1 is 1.30 bits per heavy atom. The first-order valence-electron chi connectivity index (χ1n) is 7.73. The standard InChI is InChI=1S/C15H20N2O5S/c1-23(20,21)10-5-6-13(14(9-10)17(18)19)16-12-3-2-4-15-11(12)7-8-22-15/h5-6,9,11-12,15-16H,2-4,7-8H2,1H3. The molecule has 1 aromatic rings. The Balaban J connectivity index is 1.88. The molecule has 0 spiro atoms. The molecule has 1 saturated heterocycles. The van der Waals surface area contributed by atoms with E-state index in [4.69, 9.17) is 4.74 Å². The lowest BCUT2D eigenvalue weighted by molar-refractivity contribution is -0.384. The Labute approximate surface area is 135 Å². The summed E-state index contributed by atoms with van der Waals surface area (Å²) in [5.41, 5.74) is 0.175. The molecule has 1 N–H and O–H groups in total. The van der Waals surface area contributed by atoms with Gasteiger partial charge in [0.15, 0.2) is 9.84 Å². The molecule has 1 heterocycles. The molecule has 3 atom stereocenters. The van der Waals surface area contributed by atoms with Gasteiger partial charge in [-0.1, -0.05) is 0 Å². The van der Waals surface area contributed by atoms with Crippen LogP contribution in [0.3, 0.4) is 0 Å². The summed E-state index contributed by atoms with van der Waals surface area (Å²) in [6.07, 6.45) is 5.23. The molecule has 8 heteroatoms. The molecule has 0 radical (unpaired) electrons. The number of hydrogen-bond donors (Lipinski definition) is 1. The molecule has 1 aliphatic carbocycles. The van der Waals surface area contributed by atoms with Crippen molar-refractivity contribution < 1.29 is 18.1 Å². The molecule has 3 rings (SSSR count). The first-order chi connectivity index (χ1) is 10.9. The number of nitro groups is 1. The second kappa shape index (κ2) is 6.09. The monoisotopic (exact) mass is 340 g/mol. The van der Waals surface area contributed by atoms with Crippen LogP contribution in [0, 0.1) is 16.0 Å². The number of nitro benzene ring substituents is 1. The van der Waals surface area contributed by atoms with Gasteiger partial charge in [-0.15, -0.1) is 0 Å². The summed E-state index contributed by atoms with van der Waals surface area (Å²) in [5.74, 6) is 0.359.